The van der Waals surface area contributed by atoms with Gasteiger partial charge in [-0.1, -0.05) is 65.7 Å². The van der Waals surface area contributed by atoms with Gasteiger partial charge in [-0.2, -0.15) is 0 Å². The van der Waals surface area contributed by atoms with Gasteiger partial charge < -0.3 is 20.8 Å². The van der Waals surface area contributed by atoms with Crippen molar-refractivity contribution in [1.82, 2.24) is 10.6 Å². The molecule has 0 aliphatic carbocycles. The zero-order valence-corrected chi connectivity index (χ0v) is 16.3. The lowest BCUT2D eigenvalue weighted by Gasteiger charge is -2.27. The molecule has 0 aliphatic heterocycles. The van der Waals surface area contributed by atoms with Crippen LogP contribution in [0, 0.1) is 5.41 Å². The first-order valence-corrected chi connectivity index (χ1v) is 9.68. The van der Waals surface area contributed by atoms with Crippen molar-refractivity contribution in [3.63, 3.8) is 0 Å². The van der Waals surface area contributed by atoms with Crippen LogP contribution in [-0.2, 0) is 9.59 Å². The fraction of sp³-hybridized carbons (Fsp3) is 0.895. The molecule has 0 aliphatic rings. The van der Waals surface area contributed by atoms with E-state index in [0.29, 0.717) is 13.0 Å². The number of carbonyl (C=O) groups excluding carboxylic acids is 2. The van der Waals surface area contributed by atoms with Crippen LogP contribution in [0.15, 0.2) is 0 Å². The maximum atomic E-state index is 11.7. The maximum Gasteiger partial charge on any atom is 0.249 e. The number of hydrogen-bond acceptors (Lipinski definition) is 4. The van der Waals surface area contributed by atoms with E-state index in [2.05, 4.69) is 17.6 Å². The van der Waals surface area contributed by atoms with Crippen LogP contribution in [-0.4, -0.2) is 47.8 Å². The van der Waals surface area contributed by atoms with Crippen molar-refractivity contribution in [2.24, 2.45) is 5.41 Å². The van der Waals surface area contributed by atoms with Crippen LogP contribution >= 0.6 is 0 Å². The smallest absolute Gasteiger partial charge is 0.249 e. The van der Waals surface area contributed by atoms with E-state index in [1.807, 2.05) is 0 Å². The zero-order chi connectivity index (χ0) is 19.1. The summed E-state index contributed by atoms with van der Waals surface area (Å²) in [5.74, 6) is -0.534. The summed E-state index contributed by atoms with van der Waals surface area (Å²) < 4.78 is 0. The molecular weight excluding hydrogens is 320 g/mol. The molecule has 0 heterocycles. The minimum atomic E-state index is -1.27. The highest BCUT2D eigenvalue weighted by atomic mass is 16.3. The second kappa shape index (κ2) is 14.1. The molecule has 0 aromatic heterocycles. The van der Waals surface area contributed by atoms with Crippen molar-refractivity contribution < 1.29 is 19.8 Å². The Labute approximate surface area is 152 Å². The Hall–Kier alpha value is -1.14. The molecule has 0 rings (SSSR count). The van der Waals surface area contributed by atoms with E-state index in [4.69, 9.17) is 5.11 Å². The van der Waals surface area contributed by atoms with Gasteiger partial charge in [0.2, 0.25) is 11.8 Å². The first-order chi connectivity index (χ1) is 11.8. The van der Waals surface area contributed by atoms with Crippen LogP contribution in [0.3, 0.4) is 0 Å². The molecule has 0 saturated heterocycles. The van der Waals surface area contributed by atoms with Crippen LogP contribution < -0.4 is 10.6 Å². The van der Waals surface area contributed by atoms with Crippen LogP contribution in [0.25, 0.3) is 0 Å². The summed E-state index contributed by atoms with van der Waals surface area (Å²) in [6, 6.07) is 0. The molecule has 25 heavy (non-hydrogen) atoms. The lowest BCUT2D eigenvalue weighted by Crippen LogP contribution is -2.47. The third-order valence-corrected chi connectivity index (χ3v) is 4.40. The molecule has 0 aromatic carbocycles. The molecule has 148 valence electrons. The number of carbonyl (C=O) groups is 2. The van der Waals surface area contributed by atoms with Gasteiger partial charge in [0.15, 0.2) is 0 Å². The third kappa shape index (κ3) is 11.9. The standard InChI is InChI=1S/C19H38N2O4/c1-4-5-6-7-8-9-10-11-12-16(23)20-13-14-21-18(25)17(24)19(2,3)15-22/h17,22,24H,4-15H2,1-3H3,(H,20,23)(H,21,25)/t17-/m0/s1. The zero-order valence-electron chi connectivity index (χ0n) is 16.3. The first kappa shape index (κ1) is 23.9. The van der Waals surface area contributed by atoms with Gasteiger partial charge >= 0.3 is 0 Å². The monoisotopic (exact) mass is 358 g/mol. The van der Waals surface area contributed by atoms with Gasteiger partial charge in [-0.05, 0) is 6.42 Å². The van der Waals surface area contributed by atoms with E-state index in [0.717, 1.165) is 12.8 Å². The summed E-state index contributed by atoms with van der Waals surface area (Å²) in [6.45, 7) is 5.76. The number of nitrogens with one attached hydrogen (secondary N) is 2. The minimum Gasteiger partial charge on any atom is -0.396 e. The molecule has 6 nitrogen and oxygen atoms in total. The minimum absolute atomic E-state index is 0.00327. The van der Waals surface area contributed by atoms with Crippen LogP contribution in [0.1, 0.15) is 78.6 Å². The van der Waals surface area contributed by atoms with Crippen molar-refractivity contribution in [2.75, 3.05) is 19.7 Å². The van der Waals surface area contributed by atoms with E-state index in [-0.39, 0.29) is 19.1 Å². The number of rotatable bonds is 15. The highest BCUT2D eigenvalue weighted by Gasteiger charge is 2.32. The van der Waals surface area contributed by atoms with Crippen LogP contribution in [0.5, 0.6) is 0 Å². The van der Waals surface area contributed by atoms with E-state index >= 15 is 0 Å². The molecular formula is C19H38N2O4. The number of aliphatic hydroxyl groups is 2. The van der Waals surface area contributed by atoms with Gasteiger partial charge in [0, 0.05) is 24.9 Å². The fourth-order valence-corrected chi connectivity index (χ4v) is 2.43. The predicted octanol–water partition coefficient (Wildman–Crippen LogP) is 2.13. The van der Waals surface area contributed by atoms with E-state index in [1.165, 1.54) is 38.5 Å². The van der Waals surface area contributed by atoms with Gasteiger partial charge in [0.25, 0.3) is 0 Å². The van der Waals surface area contributed by atoms with Crippen molar-refractivity contribution in [3.8, 4) is 0 Å². The molecule has 0 saturated carbocycles. The Kier molecular flexibility index (Phi) is 13.4. The number of aliphatic hydroxyl groups excluding tert-OH is 2. The average molecular weight is 359 g/mol. The summed E-state index contributed by atoms with van der Waals surface area (Å²) in [5.41, 5.74) is -0.885. The number of amides is 2. The van der Waals surface area contributed by atoms with Gasteiger partial charge in [-0.3, -0.25) is 9.59 Å². The Bertz CT molecular complexity index is 372. The van der Waals surface area contributed by atoms with Crippen molar-refractivity contribution in [3.05, 3.63) is 0 Å². The highest BCUT2D eigenvalue weighted by molar-refractivity contribution is 5.81. The largest absolute Gasteiger partial charge is 0.396 e. The first-order valence-electron chi connectivity index (χ1n) is 9.68. The number of unbranched alkanes of at least 4 members (excludes halogenated alkanes) is 7. The molecule has 0 unspecified atom stereocenters. The second-order valence-electron chi connectivity index (χ2n) is 7.42. The maximum absolute atomic E-state index is 11.7. The molecule has 0 fully saturated rings. The fourth-order valence-electron chi connectivity index (χ4n) is 2.43. The average Bonchev–Trinajstić information content (AvgIpc) is 2.60. The van der Waals surface area contributed by atoms with E-state index in [1.54, 1.807) is 13.8 Å². The second-order valence-corrected chi connectivity index (χ2v) is 7.42. The molecule has 4 N–H and O–H groups in total. The third-order valence-electron chi connectivity index (χ3n) is 4.40. The van der Waals surface area contributed by atoms with Gasteiger partial charge in [-0.25, -0.2) is 0 Å². The summed E-state index contributed by atoms with van der Waals surface area (Å²) in [4.78, 5) is 23.4. The predicted molar refractivity (Wildman–Crippen MR) is 100 cm³/mol. The van der Waals surface area contributed by atoms with Gasteiger partial charge in [0.05, 0.1) is 6.61 Å². The highest BCUT2D eigenvalue weighted by Crippen LogP contribution is 2.19. The Balaban J connectivity index is 3.60. The summed E-state index contributed by atoms with van der Waals surface area (Å²) >= 11 is 0. The molecule has 2 amide bonds. The lowest BCUT2D eigenvalue weighted by atomic mass is 9.87. The molecule has 6 heteroatoms. The van der Waals surface area contributed by atoms with Crippen LogP contribution in [0.2, 0.25) is 0 Å². The Morgan fingerprint density at radius 3 is 2.00 bits per heavy atom. The normalized spacial score (nSPS) is 12.7. The Morgan fingerprint density at radius 2 is 1.44 bits per heavy atom. The van der Waals surface area contributed by atoms with Crippen LogP contribution in [0.4, 0.5) is 0 Å². The molecule has 0 bridgehead atoms. The van der Waals surface area contributed by atoms with Crippen molar-refractivity contribution in [2.45, 2.75) is 84.7 Å². The van der Waals surface area contributed by atoms with Crippen molar-refractivity contribution >= 4 is 11.8 Å². The van der Waals surface area contributed by atoms with Gasteiger partial charge in [0.1, 0.15) is 6.10 Å². The van der Waals surface area contributed by atoms with Gasteiger partial charge in [-0.15, -0.1) is 0 Å². The van der Waals surface area contributed by atoms with E-state index in [9.17, 15) is 14.7 Å². The lowest BCUT2D eigenvalue weighted by molar-refractivity contribution is -0.137. The summed E-state index contributed by atoms with van der Waals surface area (Å²) in [6.07, 6.45) is 8.84. The quantitative estimate of drug-likeness (QED) is 0.337. The molecule has 0 radical (unpaired) electrons. The molecule has 1 atom stereocenters. The summed E-state index contributed by atoms with van der Waals surface area (Å²) in [5, 5.41) is 24.3. The number of hydrogen-bond donors (Lipinski definition) is 4. The van der Waals surface area contributed by atoms with E-state index < -0.39 is 17.4 Å². The molecule has 0 spiro atoms. The topological polar surface area (TPSA) is 98.7 Å². The summed E-state index contributed by atoms with van der Waals surface area (Å²) in [7, 11) is 0. The Morgan fingerprint density at radius 1 is 0.920 bits per heavy atom. The molecule has 0 aromatic rings. The SMILES string of the molecule is CCCCCCCCCCC(=O)NCCNC(=O)[C@H](O)C(C)(C)CO. The van der Waals surface area contributed by atoms with Crippen molar-refractivity contribution in [1.29, 1.82) is 0 Å².